The van der Waals surface area contributed by atoms with Crippen LogP contribution in [0.2, 0.25) is 5.02 Å². The Morgan fingerprint density at radius 3 is 2.85 bits per heavy atom. The monoisotopic (exact) mass is 295 g/mol. The summed E-state index contributed by atoms with van der Waals surface area (Å²) < 4.78 is 5.53. The van der Waals surface area contributed by atoms with Gasteiger partial charge in [-0.15, -0.1) is 0 Å². The van der Waals surface area contributed by atoms with Gasteiger partial charge in [0, 0.05) is 16.6 Å². The van der Waals surface area contributed by atoms with Gasteiger partial charge in [-0.05, 0) is 43.9 Å². The molecule has 20 heavy (non-hydrogen) atoms. The lowest BCUT2D eigenvalue weighted by Crippen LogP contribution is -2.29. The molecule has 0 saturated heterocycles. The Morgan fingerprint density at radius 1 is 1.40 bits per heavy atom. The molecule has 1 fully saturated rings. The zero-order chi connectivity index (χ0) is 14.5. The van der Waals surface area contributed by atoms with E-state index in [0.29, 0.717) is 12.0 Å². The van der Waals surface area contributed by atoms with Crippen molar-refractivity contribution < 1.29 is 4.74 Å². The predicted octanol–water partition coefficient (Wildman–Crippen LogP) is 4.83. The first-order valence-electron chi connectivity index (χ1n) is 7.70. The third kappa shape index (κ3) is 3.48. The zero-order valence-corrected chi connectivity index (χ0v) is 13.5. The van der Waals surface area contributed by atoms with Crippen LogP contribution in [0.4, 0.5) is 0 Å². The van der Waals surface area contributed by atoms with Crippen molar-refractivity contribution >= 4 is 11.6 Å². The van der Waals surface area contributed by atoms with Crippen molar-refractivity contribution in [2.24, 2.45) is 11.8 Å². The molecule has 0 aliphatic heterocycles. The van der Waals surface area contributed by atoms with Gasteiger partial charge in [-0.25, -0.2) is 0 Å². The maximum Gasteiger partial charge on any atom is 0.125 e. The molecule has 1 aliphatic carbocycles. The lowest BCUT2D eigenvalue weighted by molar-refractivity contribution is 0.212. The fourth-order valence-corrected chi connectivity index (χ4v) is 3.76. The van der Waals surface area contributed by atoms with Crippen molar-refractivity contribution in [2.45, 2.75) is 45.1 Å². The average molecular weight is 296 g/mol. The summed E-state index contributed by atoms with van der Waals surface area (Å²) in [5.41, 5.74) is 1.24. The molecule has 3 unspecified atom stereocenters. The van der Waals surface area contributed by atoms with E-state index in [4.69, 9.17) is 16.3 Å². The van der Waals surface area contributed by atoms with Gasteiger partial charge < -0.3 is 10.1 Å². The number of ether oxygens (including phenoxy) is 1. The van der Waals surface area contributed by atoms with E-state index in [9.17, 15) is 0 Å². The molecule has 3 heteroatoms. The van der Waals surface area contributed by atoms with Gasteiger partial charge in [-0.3, -0.25) is 0 Å². The molecule has 1 aromatic rings. The van der Waals surface area contributed by atoms with Crippen LogP contribution in [0, 0.1) is 11.8 Å². The van der Waals surface area contributed by atoms with Gasteiger partial charge in [0.2, 0.25) is 0 Å². The molecule has 112 valence electrons. The molecule has 0 bridgehead atoms. The summed E-state index contributed by atoms with van der Waals surface area (Å²) in [6.07, 6.45) is 6.64. The summed E-state index contributed by atoms with van der Waals surface area (Å²) in [7, 11) is 3.77. The molecule has 2 rings (SSSR count). The molecule has 1 aromatic carbocycles. The minimum Gasteiger partial charge on any atom is -0.496 e. The van der Waals surface area contributed by atoms with Gasteiger partial charge in [0.25, 0.3) is 0 Å². The van der Waals surface area contributed by atoms with E-state index in [0.717, 1.165) is 16.7 Å². The van der Waals surface area contributed by atoms with Crippen LogP contribution in [0.25, 0.3) is 0 Å². The third-order valence-corrected chi connectivity index (χ3v) is 4.95. The van der Waals surface area contributed by atoms with Crippen molar-refractivity contribution in [3.8, 4) is 5.75 Å². The minimum absolute atomic E-state index is 0.358. The Labute approximate surface area is 127 Å². The van der Waals surface area contributed by atoms with E-state index in [1.54, 1.807) is 7.11 Å². The van der Waals surface area contributed by atoms with Crippen LogP contribution in [0.3, 0.4) is 0 Å². The van der Waals surface area contributed by atoms with Crippen LogP contribution < -0.4 is 10.1 Å². The smallest absolute Gasteiger partial charge is 0.125 e. The Bertz CT molecular complexity index is 435. The molecular formula is C17H26ClNO. The van der Waals surface area contributed by atoms with Crippen molar-refractivity contribution in [3.63, 3.8) is 0 Å². The Morgan fingerprint density at radius 2 is 2.20 bits per heavy atom. The Hall–Kier alpha value is -0.730. The standard InChI is InChI=1S/C17H26ClNO/c1-4-12-6-5-7-13(10-12)17(19-2)15-9-8-14(18)11-16(15)20-3/h8-9,11-13,17,19H,4-7,10H2,1-3H3. The second-order valence-corrected chi connectivity index (χ2v) is 6.29. The second-order valence-electron chi connectivity index (χ2n) is 5.85. The van der Waals surface area contributed by atoms with Crippen molar-refractivity contribution in [1.29, 1.82) is 0 Å². The van der Waals surface area contributed by atoms with Gasteiger partial charge in [0.1, 0.15) is 5.75 Å². The molecular weight excluding hydrogens is 270 g/mol. The molecule has 0 heterocycles. The Kier molecular flexibility index (Phi) is 5.74. The number of nitrogens with one attached hydrogen (secondary N) is 1. The van der Waals surface area contributed by atoms with Crippen LogP contribution in [0.15, 0.2) is 18.2 Å². The molecule has 1 N–H and O–H groups in total. The number of hydrogen-bond donors (Lipinski definition) is 1. The molecule has 0 radical (unpaired) electrons. The normalized spacial score (nSPS) is 24.4. The summed E-state index contributed by atoms with van der Waals surface area (Å²) in [5.74, 6) is 2.46. The lowest BCUT2D eigenvalue weighted by Gasteiger charge is -2.35. The van der Waals surface area contributed by atoms with Gasteiger partial charge in [0.05, 0.1) is 7.11 Å². The van der Waals surface area contributed by atoms with E-state index in [-0.39, 0.29) is 0 Å². The van der Waals surface area contributed by atoms with Crippen LogP contribution in [-0.2, 0) is 0 Å². The van der Waals surface area contributed by atoms with Gasteiger partial charge in [-0.2, -0.15) is 0 Å². The van der Waals surface area contributed by atoms with Crippen molar-refractivity contribution in [3.05, 3.63) is 28.8 Å². The number of hydrogen-bond acceptors (Lipinski definition) is 2. The summed E-state index contributed by atoms with van der Waals surface area (Å²) in [5, 5.41) is 4.24. The van der Waals surface area contributed by atoms with Crippen molar-refractivity contribution in [2.75, 3.05) is 14.2 Å². The van der Waals surface area contributed by atoms with Gasteiger partial charge in [-0.1, -0.05) is 43.9 Å². The minimum atomic E-state index is 0.358. The number of benzene rings is 1. The first-order valence-corrected chi connectivity index (χ1v) is 8.08. The van der Waals surface area contributed by atoms with E-state index >= 15 is 0 Å². The molecule has 0 spiro atoms. The SMILES string of the molecule is CCC1CCCC(C(NC)c2ccc(Cl)cc2OC)C1. The topological polar surface area (TPSA) is 21.3 Å². The summed E-state index contributed by atoms with van der Waals surface area (Å²) in [6.45, 7) is 2.31. The number of halogens is 1. The van der Waals surface area contributed by atoms with E-state index in [1.165, 1.54) is 37.7 Å². The predicted molar refractivity (Wildman–Crippen MR) is 85.5 cm³/mol. The summed E-state index contributed by atoms with van der Waals surface area (Å²) >= 11 is 6.07. The fourth-order valence-electron chi connectivity index (χ4n) is 3.59. The number of methoxy groups -OCH3 is 1. The van der Waals surface area contributed by atoms with Crippen LogP contribution in [0.1, 0.15) is 50.6 Å². The highest BCUT2D eigenvalue weighted by atomic mass is 35.5. The first kappa shape index (κ1) is 15.7. The molecule has 0 amide bonds. The highest BCUT2D eigenvalue weighted by Crippen LogP contribution is 2.41. The lowest BCUT2D eigenvalue weighted by atomic mass is 9.75. The largest absolute Gasteiger partial charge is 0.496 e. The zero-order valence-electron chi connectivity index (χ0n) is 12.8. The maximum absolute atomic E-state index is 6.07. The summed E-state index contributed by atoms with van der Waals surface area (Å²) in [6, 6.07) is 6.35. The van der Waals surface area contributed by atoms with Crippen LogP contribution in [0.5, 0.6) is 5.75 Å². The van der Waals surface area contributed by atoms with Crippen LogP contribution in [-0.4, -0.2) is 14.2 Å². The molecule has 2 nitrogen and oxygen atoms in total. The highest BCUT2D eigenvalue weighted by Gasteiger charge is 2.29. The third-order valence-electron chi connectivity index (χ3n) is 4.71. The highest BCUT2D eigenvalue weighted by molar-refractivity contribution is 6.30. The second kappa shape index (κ2) is 7.33. The number of rotatable bonds is 5. The molecule has 1 saturated carbocycles. The molecule has 3 atom stereocenters. The Balaban J connectivity index is 2.23. The fraction of sp³-hybridized carbons (Fsp3) is 0.647. The molecule has 1 aliphatic rings. The quantitative estimate of drug-likeness (QED) is 0.840. The molecule has 0 aromatic heterocycles. The maximum atomic E-state index is 6.07. The van der Waals surface area contributed by atoms with Gasteiger partial charge >= 0.3 is 0 Å². The van der Waals surface area contributed by atoms with Gasteiger partial charge in [0.15, 0.2) is 0 Å². The van der Waals surface area contributed by atoms with Crippen molar-refractivity contribution in [1.82, 2.24) is 5.32 Å². The van der Waals surface area contributed by atoms with E-state index < -0.39 is 0 Å². The van der Waals surface area contributed by atoms with E-state index in [1.807, 2.05) is 19.2 Å². The first-order chi connectivity index (χ1) is 9.69. The van der Waals surface area contributed by atoms with E-state index in [2.05, 4.69) is 18.3 Å². The summed E-state index contributed by atoms with van der Waals surface area (Å²) in [4.78, 5) is 0. The average Bonchev–Trinajstić information content (AvgIpc) is 2.49. The van der Waals surface area contributed by atoms with Crippen LogP contribution >= 0.6 is 11.6 Å².